The van der Waals surface area contributed by atoms with Gasteiger partial charge in [-0.15, -0.1) is 0 Å². The molecule has 86 valence electrons. The van der Waals surface area contributed by atoms with Gasteiger partial charge in [0.1, 0.15) is 0 Å². The summed E-state index contributed by atoms with van der Waals surface area (Å²) in [6, 6.07) is 5.87. The minimum absolute atomic E-state index is 0.137. The largest absolute Gasteiger partial charge is 0.393 e. The van der Waals surface area contributed by atoms with Gasteiger partial charge in [0.15, 0.2) is 0 Å². The maximum absolute atomic E-state index is 9.92. The third kappa shape index (κ3) is 2.39. The number of aliphatic hydroxyl groups is 1. The molecule has 2 rings (SSSR count). The van der Waals surface area contributed by atoms with Gasteiger partial charge in [-0.1, -0.05) is 23.8 Å². The van der Waals surface area contributed by atoms with E-state index in [9.17, 15) is 5.11 Å². The molecule has 0 aromatic heterocycles. The summed E-state index contributed by atoms with van der Waals surface area (Å²) in [6.07, 6.45) is 1.00. The minimum Gasteiger partial charge on any atom is -0.393 e. The summed E-state index contributed by atoms with van der Waals surface area (Å²) in [5.41, 5.74) is 3.17. The van der Waals surface area contributed by atoms with Crippen LogP contribution >= 0.6 is 11.6 Å². The molecule has 0 spiro atoms. The molecule has 1 aliphatic heterocycles. The zero-order valence-electron chi connectivity index (χ0n) is 9.33. The van der Waals surface area contributed by atoms with Crippen LogP contribution in [0.15, 0.2) is 30.4 Å². The molecular weight excluding hydrogens is 222 g/mol. The zero-order valence-corrected chi connectivity index (χ0v) is 10.1. The molecule has 2 nitrogen and oxygen atoms in total. The maximum atomic E-state index is 9.92. The Balaban J connectivity index is 2.35. The van der Waals surface area contributed by atoms with Crippen molar-refractivity contribution >= 4 is 17.3 Å². The molecule has 0 aliphatic carbocycles. The van der Waals surface area contributed by atoms with Crippen LogP contribution in [-0.2, 0) is 6.42 Å². The van der Waals surface area contributed by atoms with Gasteiger partial charge in [0.25, 0.3) is 0 Å². The highest BCUT2D eigenvalue weighted by molar-refractivity contribution is 6.30. The number of benzene rings is 1. The normalized spacial score (nSPS) is 24.2. The topological polar surface area (TPSA) is 32.3 Å². The molecule has 1 aromatic carbocycles. The fourth-order valence-corrected chi connectivity index (χ4v) is 2.25. The van der Waals surface area contributed by atoms with Gasteiger partial charge in [-0.05, 0) is 37.1 Å². The Morgan fingerprint density at radius 1 is 1.56 bits per heavy atom. The first-order valence-corrected chi connectivity index (χ1v) is 5.82. The van der Waals surface area contributed by atoms with Crippen molar-refractivity contribution in [1.82, 2.24) is 0 Å². The van der Waals surface area contributed by atoms with E-state index in [0.29, 0.717) is 17.9 Å². The van der Waals surface area contributed by atoms with Gasteiger partial charge in [-0.3, -0.25) is 0 Å². The van der Waals surface area contributed by atoms with Crippen molar-refractivity contribution in [3.8, 4) is 0 Å². The Hall–Kier alpha value is -0.990. The number of nitrogens with one attached hydrogen (secondary N) is 1. The number of hydrogen-bond acceptors (Lipinski definition) is 2. The van der Waals surface area contributed by atoms with Gasteiger partial charge in [-0.25, -0.2) is 0 Å². The van der Waals surface area contributed by atoms with Crippen LogP contribution in [0, 0.1) is 0 Å². The molecule has 16 heavy (non-hydrogen) atoms. The first-order valence-electron chi connectivity index (χ1n) is 5.44. The summed E-state index contributed by atoms with van der Waals surface area (Å²) in [7, 11) is 0. The monoisotopic (exact) mass is 237 g/mol. The second kappa shape index (κ2) is 4.48. The van der Waals surface area contributed by atoms with Gasteiger partial charge in [-0.2, -0.15) is 0 Å². The molecule has 0 amide bonds. The van der Waals surface area contributed by atoms with E-state index in [4.69, 9.17) is 11.6 Å². The Kier molecular flexibility index (Phi) is 3.22. The number of halogens is 1. The summed E-state index contributed by atoms with van der Waals surface area (Å²) < 4.78 is 0. The molecule has 0 radical (unpaired) electrons. The highest BCUT2D eigenvalue weighted by atomic mass is 35.5. The van der Waals surface area contributed by atoms with Crippen molar-refractivity contribution in [2.24, 2.45) is 0 Å². The smallest absolute Gasteiger partial charge is 0.0604 e. The molecular formula is C13H16ClNO. The number of anilines is 1. The summed E-state index contributed by atoms with van der Waals surface area (Å²) >= 11 is 5.95. The van der Waals surface area contributed by atoms with Crippen molar-refractivity contribution in [1.29, 1.82) is 0 Å². The van der Waals surface area contributed by atoms with Gasteiger partial charge in [0.2, 0.25) is 0 Å². The molecule has 1 aromatic rings. The van der Waals surface area contributed by atoms with Gasteiger partial charge in [0, 0.05) is 23.2 Å². The lowest BCUT2D eigenvalue weighted by molar-refractivity contribution is 0.164. The van der Waals surface area contributed by atoms with Crippen LogP contribution in [0.2, 0.25) is 5.02 Å². The second-order valence-electron chi connectivity index (χ2n) is 4.44. The molecule has 0 bridgehead atoms. The molecule has 0 fully saturated rings. The lowest BCUT2D eigenvalue weighted by atomic mass is 10.0. The lowest BCUT2D eigenvalue weighted by Crippen LogP contribution is -2.24. The molecule has 1 heterocycles. The average Bonchev–Trinajstić information content (AvgIpc) is 2.35. The highest BCUT2D eigenvalue weighted by Crippen LogP contribution is 2.28. The predicted molar refractivity (Wildman–Crippen MR) is 68.0 cm³/mol. The van der Waals surface area contributed by atoms with Crippen LogP contribution in [-0.4, -0.2) is 17.3 Å². The third-order valence-electron chi connectivity index (χ3n) is 2.96. The first kappa shape index (κ1) is 11.5. The Bertz CT molecular complexity index is 416. The molecule has 2 atom stereocenters. The van der Waals surface area contributed by atoms with Crippen LogP contribution in [0.1, 0.15) is 18.9 Å². The van der Waals surface area contributed by atoms with Crippen molar-refractivity contribution in [2.75, 3.05) is 5.32 Å². The van der Waals surface area contributed by atoms with E-state index in [2.05, 4.69) is 11.9 Å². The van der Waals surface area contributed by atoms with Crippen LogP contribution in [0.25, 0.3) is 0 Å². The fourth-order valence-electron chi connectivity index (χ4n) is 2.05. The Labute approximate surface area is 101 Å². The van der Waals surface area contributed by atoms with Gasteiger partial charge in [0.05, 0.1) is 6.10 Å². The van der Waals surface area contributed by atoms with Gasteiger partial charge >= 0.3 is 0 Å². The van der Waals surface area contributed by atoms with Crippen LogP contribution in [0.3, 0.4) is 0 Å². The van der Waals surface area contributed by atoms with Crippen LogP contribution in [0.4, 0.5) is 5.69 Å². The van der Waals surface area contributed by atoms with E-state index in [-0.39, 0.29) is 12.1 Å². The third-order valence-corrected chi connectivity index (χ3v) is 3.19. The number of fused-ring (bicyclic) bond motifs is 1. The minimum atomic E-state index is -0.339. The van der Waals surface area contributed by atoms with E-state index in [1.165, 1.54) is 0 Å². The summed E-state index contributed by atoms with van der Waals surface area (Å²) in [5.74, 6) is 0. The highest BCUT2D eigenvalue weighted by Gasteiger charge is 2.21. The van der Waals surface area contributed by atoms with Crippen molar-refractivity contribution in [3.63, 3.8) is 0 Å². The SMILES string of the molecule is C=C(C)[C@@H]1C[C@H](O)Cc2cc(Cl)ccc2N1. The lowest BCUT2D eigenvalue weighted by Gasteiger charge is -2.19. The van der Waals surface area contributed by atoms with E-state index in [1.807, 2.05) is 25.1 Å². The number of hydrogen-bond donors (Lipinski definition) is 2. The summed E-state index contributed by atoms with van der Waals surface area (Å²) in [4.78, 5) is 0. The summed E-state index contributed by atoms with van der Waals surface area (Å²) in [5, 5.41) is 14.0. The Morgan fingerprint density at radius 3 is 3.00 bits per heavy atom. The summed E-state index contributed by atoms with van der Waals surface area (Å²) in [6.45, 7) is 5.92. The number of aliphatic hydroxyl groups excluding tert-OH is 1. The molecule has 3 heteroatoms. The van der Waals surface area contributed by atoms with E-state index < -0.39 is 0 Å². The van der Waals surface area contributed by atoms with Crippen LogP contribution in [0.5, 0.6) is 0 Å². The number of rotatable bonds is 1. The molecule has 2 N–H and O–H groups in total. The van der Waals surface area contributed by atoms with Crippen molar-refractivity contribution in [2.45, 2.75) is 31.9 Å². The standard InChI is InChI=1S/C13H16ClNO/c1-8(2)13-7-11(16)6-9-5-10(14)3-4-12(9)15-13/h3-5,11,13,15-16H,1,6-7H2,2H3/t11-,13+/m1/s1. The molecule has 0 unspecified atom stereocenters. The molecule has 0 saturated heterocycles. The predicted octanol–water partition coefficient (Wildman–Crippen LogP) is 3.00. The quantitative estimate of drug-likeness (QED) is 0.736. The molecule has 0 saturated carbocycles. The molecule has 1 aliphatic rings. The zero-order chi connectivity index (χ0) is 11.7. The fraction of sp³-hybridized carbons (Fsp3) is 0.385. The Morgan fingerprint density at radius 2 is 2.31 bits per heavy atom. The van der Waals surface area contributed by atoms with Crippen molar-refractivity contribution in [3.05, 3.63) is 40.9 Å². The van der Waals surface area contributed by atoms with Crippen LogP contribution < -0.4 is 5.32 Å². The van der Waals surface area contributed by atoms with E-state index in [0.717, 1.165) is 16.8 Å². The first-order chi connectivity index (χ1) is 7.56. The maximum Gasteiger partial charge on any atom is 0.0604 e. The average molecular weight is 238 g/mol. The van der Waals surface area contributed by atoms with E-state index >= 15 is 0 Å². The van der Waals surface area contributed by atoms with Gasteiger partial charge < -0.3 is 10.4 Å². The van der Waals surface area contributed by atoms with E-state index in [1.54, 1.807) is 0 Å². The van der Waals surface area contributed by atoms with Crippen molar-refractivity contribution < 1.29 is 5.11 Å². The second-order valence-corrected chi connectivity index (χ2v) is 4.87.